The molecule has 4 nitrogen and oxygen atoms in total. The number of carbonyl (C=O) groups is 1. The minimum absolute atomic E-state index is 0.0772. The Balaban J connectivity index is 2.33. The molecular weight excluding hydrogens is 266 g/mol. The first kappa shape index (κ1) is 14.9. The number of amides is 1. The van der Waals surface area contributed by atoms with Crippen LogP contribution in [0.1, 0.15) is 24.1 Å². The smallest absolute Gasteiger partial charge is 0.217 e. The molecule has 0 aliphatic heterocycles. The highest BCUT2D eigenvalue weighted by Gasteiger charge is 2.15. The number of rotatable bonds is 5. The van der Waals surface area contributed by atoms with E-state index in [4.69, 9.17) is 9.47 Å². The first-order chi connectivity index (χ1) is 10.1. The molecule has 0 atom stereocenters. The van der Waals surface area contributed by atoms with E-state index >= 15 is 0 Å². The van der Waals surface area contributed by atoms with Crippen molar-refractivity contribution in [2.24, 2.45) is 0 Å². The second-order valence-corrected chi connectivity index (χ2v) is 4.68. The molecule has 0 fully saturated rings. The van der Waals surface area contributed by atoms with Crippen molar-refractivity contribution < 1.29 is 14.3 Å². The maximum absolute atomic E-state index is 11.5. The minimum atomic E-state index is -0.195. The van der Waals surface area contributed by atoms with E-state index in [-0.39, 0.29) is 11.9 Å². The second-order valence-electron chi connectivity index (χ2n) is 4.68. The van der Waals surface area contributed by atoms with Gasteiger partial charge in [-0.05, 0) is 35.4 Å². The lowest BCUT2D eigenvalue weighted by Crippen LogP contribution is -2.26. The van der Waals surface area contributed by atoms with E-state index in [2.05, 4.69) is 5.32 Å². The Bertz CT molecular complexity index is 543. The van der Waals surface area contributed by atoms with Gasteiger partial charge in [-0.1, -0.05) is 24.3 Å². The number of carbonyl (C=O) groups excluding carboxylic acids is 1. The van der Waals surface area contributed by atoms with E-state index in [9.17, 15) is 4.79 Å². The summed E-state index contributed by atoms with van der Waals surface area (Å²) in [5.74, 6) is 1.50. The largest absolute Gasteiger partial charge is 0.497 e. The molecular formula is C17H19NO3. The van der Waals surface area contributed by atoms with Gasteiger partial charge in [0.05, 0.1) is 20.3 Å². The summed E-state index contributed by atoms with van der Waals surface area (Å²) in [7, 11) is 3.26. The van der Waals surface area contributed by atoms with E-state index in [1.165, 1.54) is 6.92 Å². The summed E-state index contributed by atoms with van der Waals surface area (Å²) in [5, 5.41) is 2.97. The molecule has 0 aromatic heterocycles. The number of ether oxygens (including phenoxy) is 2. The first-order valence-electron chi connectivity index (χ1n) is 6.69. The Labute approximate surface area is 124 Å². The summed E-state index contributed by atoms with van der Waals surface area (Å²) in [6, 6.07) is 15.1. The maximum Gasteiger partial charge on any atom is 0.217 e. The van der Waals surface area contributed by atoms with Crippen molar-refractivity contribution in [2.75, 3.05) is 14.2 Å². The molecule has 0 saturated heterocycles. The molecule has 0 bridgehead atoms. The van der Waals surface area contributed by atoms with Crippen LogP contribution in [0.25, 0.3) is 0 Å². The number of benzene rings is 2. The number of hydrogen-bond donors (Lipinski definition) is 1. The molecule has 110 valence electrons. The van der Waals surface area contributed by atoms with Crippen LogP contribution in [0.2, 0.25) is 0 Å². The average Bonchev–Trinajstić information content (AvgIpc) is 2.53. The lowest BCUT2D eigenvalue weighted by molar-refractivity contribution is -0.119. The standard InChI is InChI=1S/C17H19NO3/c1-12(19)18-17(13-4-8-15(20-2)9-5-13)14-6-10-16(21-3)11-7-14/h4-11,17H,1-3H3,(H,18,19). The predicted molar refractivity (Wildman–Crippen MR) is 81.6 cm³/mol. The van der Waals surface area contributed by atoms with Gasteiger partial charge in [-0.15, -0.1) is 0 Å². The zero-order chi connectivity index (χ0) is 15.2. The van der Waals surface area contributed by atoms with Crippen molar-refractivity contribution in [1.29, 1.82) is 0 Å². The molecule has 1 amide bonds. The predicted octanol–water partition coefficient (Wildman–Crippen LogP) is 2.93. The van der Waals surface area contributed by atoms with E-state index < -0.39 is 0 Å². The van der Waals surface area contributed by atoms with Crippen LogP contribution >= 0.6 is 0 Å². The average molecular weight is 285 g/mol. The van der Waals surface area contributed by atoms with Gasteiger partial charge in [-0.2, -0.15) is 0 Å². The molecule has 0 aliphatic rings. The fourth-order valence-electron chi connectivity index (χ4n) is 2.16. The first-order valence-corrected chi connectivity index (χ1v) is 6.69. The van der Waals surface area contributed by atoms with Crippen LogP contribution in [-0.2, 0) is 4.79 Å². The summed E-state index contributed by atoms with van der Waals surface area (Å²) in [6.45, 7) is 1.51. The molecule has 0 aliphatic carbocycles. The van der Waals surface area contributed by atoms with E-state index in [1.807, 2.05) is 48.5 Å². The van der Waals surface area contributed by atoms with E-state index in [1.54, 1.807) is 14.2 Å². The topological polar surface area (TPSA) is 47.6 Å². The Morgan fingerprint density at radius 2 is 1.24 bits per heavy atom. The lowest BCUT2D eigenvalue weighted by Gasteiger charge is -2.19. The quantitative estimate of drug-likeness (QED) is 0.919. The molecule has 2 aromatic rings. The fraction of sp³-hybridized carbons (Fsp3) is 0.235. The maximum atomic E-state index is 11.5. The molecule has 21 heavy (non-hydrogen) atoms. The molecule has 1 N–H and O–H groups in total. The SMILES string of the molecule is COc1ccc(C(NC(C)=O)c2ccc(OC)cc2)cc1. The summed E-state index contributed by atoms with van der Waals surface area (Å²) in [6.07, 6.45) is 0. The van der Waals surface area contributed by atoms with Crippen LogP contribution in [0.15, 0.2) is 48.5 Å². The van der Waals surface area contributed by atoms with Crippen LogP contribution in [0, 0.1) is 0 Å². The van der Waals surface area contributed by atoms with Crippen LogP contribution in [-0.4, -0.2) is 20.1 Å². The third-order valence-corrected chi connectivity index (χ3v) is 3.25. The van der Waals surface area contributed by atoms with Gasteiger partial charge < -0.3 is 14.8 Å². The monoisotopic (exact) mass is 285 g/mol. The Morgan fingerprint density at radius 3 is 1.52 bits per heavy atom. The van der Waals surface area contributed by atoms with Crippen LogP contribution < -0.4 is 14.8 Å². The van der Waals surface area contributed by atoms with Crippen LogP contribution in [0.3, 0.4) is 0 Å². The van der Waals surface area contributed by atoms with Crippen molar-refractivity contribution >= 4 is 5.91 Å². The second kappa shape index (κ2) is 6.79. The molecule has 0 radical (unpaired) electrons. The zero-order valence-electron chi connectivity index (χ0n) is 12.4. The number of hydrogen-bond acceptors (Lipinski definition) is 3. The fourth-order valence-corrected chi connectivity index (χ4v) is 2.16. The van der Waals surface area contributed by atoms with Gasteiger partial charge in [0.15, 0.2) is 0 Å². The molecule has 0 spiro atoms. The van der Waals surface area contributed by atoms with Gasteiger partial charge >= 0.3 is 0 Å². The van der Waals surface area contributed by atoms with Crippen molar-refractivity contribution in [3.8, 4) is 11.5 Å². The van der Waals surface area contributed by atoms with Crippen LogP contribution in [0.4, 0.5) is 0 Å². The minimum Gasteiger partial charge on any atom is -0.497 e. The highest BCUT2D eigenvalue weighted by atomic mass is 16.5. The summed E-state index contributed by atoms with van der Waals surface area (Å²) >= 11 is 0. The number of nitrogens with one attached hydrogen (secondary N) is 1. The van der Waals surface area contributed by atoms with Gasteiger partial charge in [0.2, 0.25) is 5.91 Å². The van der Waals surface area contributed by atoms with Crippen molar-refractivity contribution in [1.82, 2.24) is 5.32 Å². The molecule has 2 rings (SSSR count). The van der Waals surface area contributed by atoms with E-state index in [0.29, 0.717) is 0 Å². The van der Waals surface area contributed by atoms with Crippen molar-refractivity contribution in [3.63, 3.8) is 0 Å². The summed E-state index contributed by atoms with van der Waals surface area (Å²) in [4.78, 5) is 11.5. The third-order valence-electron chi connectivity index (χ3n) is 3.25. The van der Waals surface area contributed by atoms with E-state index in [0.717, 1.165) is 22.6 Å². The van der Waals surface area contributed by atoms with Gasteiger partial charge in [0, 0.05) is 6.92 Å². The van der Waals surface area contributed by atoms with Crippen molar-refractivity contribution in [3.05, 3.63) is 59.7 Å². The summed E-state index contributed by atoms with van der Waals surface area (Å²) in [5.41, 5.74) is 1.99. The van der Waals surface area contributed by atoms with Gasteiger partial charge in [-0.3, -0.25) is 4.79 Å². The molecule has 0 saturated carbocycles. The summed E-state index contributed by atoms with van der Waals surface area (Å²) < 4.78 is 10.3. The van der Waals surface area contributed by atoms with Gasteiger partial charge in [0.1, 0.15) is 11.5 Å². The molecule has 2 aromatic carbocycles. The van der Waals surface area contributed by atoms with Crippen LogP contribution in [0.5, 0.6) is 11.5 Å². The highest BCUT2D eigenvalue weighted by Crippen LogP contribution is 2.25. The Kier molecular flexibility index (Phi) is 4.82. The molecule has 4 heteroatoms. The Morgan fingerprint density at radius 1 is 0.857 bits per heavy atom. The Hall–Kier alpha value is -2.49. The highest BCUT2D eigenvalue weighted by molar-refractivity contribution is 5.74. The molecule has 0 heterocycles. The van der Waals surface area contributed by atoms with Crippen molar-refractivity contribution in [2.45, 2.75) is 13.0 Å². The van der Waals surface area contributed by atoms with Gasteiger partial charge in [0.25, 0.3) is 0 Å². The molecule has 0 unspecified atom stereocenters. The lowest BCUT2D eigenvalue weighted by atomic mass is 9.98. The third kappa shape index (κ3) is 3.75. The number of methoxy groups -OCH3 is 2. The normalized spacial score (nSPS) is 10.3. The van der Waals surface area contributed by atoms with Gasteiger partial charge in [-0.25, -0.2) is 0 Å². The zero-order valence-corrected chi connectivity index (χ0v) is 12.4.